The highest BCUT2D eigenvalue weighted by molar-refractivity contribution is 7.00. The summed E-state index contributed by atoms with van der Waals surface area (Å²) in [5.41, 5.74) is 14.1. The zero-order valence-corrected chi connectivity index (χ0v) is 27.3. The first-order valence-electron chi connectivity index (χ1n) is 16.7. The van der Waals surface area contributed by atoms with Gasteiger partial charge in [-0.2, -0.15) is 0 Å². The molecule has 0 aliphatic carbocycles. The summed E-state index contributed by atoms with van der Waals surface area (Å²) in [6, 6.07) is 54.4. The van der Waals surface area contributed by atoms with E-state index in [1.165, 1.54) is 5.46 Å². The summed E-state index contributed by atoms with van der Waals surface area (Å²) in [6.45, 7) is -0.109. The third-order valence-corrected chi connectivity index (χ3v) is 9.93. The maximum atomic E-state index is 11.7. The van der Waals surface area contributed by atoms with Gasteiger partial charge in [-0.05, 0) is 111 Å². The number of rotatable bonds is 6. The van der Waals surface area contributed by atoms with E-state index in [-0.39, 0.29) is 17.8 Å². The van der Waals surface area contributed by atoms with Crippen molar-refractivity contribution in [3.63, 3.8) is 0 Å². The molecule has 9 rings (SSSR count). The van der Waals surface area contributed by atoms with Gasteiger partial charge < -0.3 is 20.0 Å². The van der Waals surface area contributed by atoms with E-state index in [9.17, 15) is 19.8 Å². The summed E-state index contributed by atoms with van der Waals surface area (Å²) in [6.07, 6.45) is 0. The molecule has 2 N–H and O–H groups in total. The molecule has 0 saturated heterocycles. The quantitative estimate of drug-likeness (QED) is 0.174. The fourth-order valence-corrected chi connectivity index (χ4v) is 7.62. The normalized spacial score (nSPS) is 12.5. The SMILES string of the molecule is O=C(O)c1ccc(-c2ccc3c(c2)B2c4ccccc4N(c4ccccc4)c4cc(-c5ccc(C(=O)O)cc5)cc(c42)N3c2ccccc2)cc1. The number of nitrogens with zero attached hydrogens (tertiary/aromatic N) is 2. The Morgan fingerprint density at radius 2 is 0.863 bits per heavy atom. The van der Waals surface area contributed by atoms with Crippen molar-refractivity contribution in [1.82, 2.24) is 0 Å². The lowest BCUT2D eigenvalue weighted by Crippen LogP contribution is -2.61. The minimum absolute atomic E-state index is 0.109. The van der Waals surface area contributed by atoms with Crippen molar-refractivity contribution in [2.75, 3.05) is 9.80 Å². The van der Waals surface area contributed by atoms with E-state index in [0.717, 1.165) is 67.3 Å². The summed E-state index contributed by atoms with van der Waals surface area (Å²) >= 11 is 0. The van der Waals surface area contributed by atoms with E-state index >= 15 is 0 Å². The molecule has 0 amide bonds. The van der Waals surface area contributed by atoms with Gasteiger partial charge in [-0.15, -0.1) is 0 Å². The van der Waals surface area contributed by atoms with Crippen LogP contribution in [0.3, 0.4) is 0 Å². The predicted molar refractivity (Wildman–Crippen MR) is 205 cm³/mol. The van der Waals surface area contributed by atoms with Crippen LogP contribution in [0.1, 0.15) is 20.7 Å². The first-order valence-corrected chi connectivity index (χ1v) is 16.7. The van der Waals surface area contributed by atoms with Crippen LogP contribution in [0.15, 0.2) is 164 Å². The Morgan fingerprint density at radius 1 is 0.412 bits per heavy atom. The number of hydrogen-bond donors (Lipinski definition) is 2. The summed E-state index contributed by atoms with van der Waals surface area (Å²) < 4.78 is 0. The molecule has 0 saturated carbocycles. The summed E-state index contributed by atoms with van der Waals surface area (Å²) in [5, 5.41) is 19.1. The fraction of sp³-hybridized carbons (Fsp3) is 0. The zero-order chi connectivity index (χ0) is 34.6. The van der Waals surface area contributed by atoms with Crippen LogP contribution in [0, 0.1) is 0 Å². The highest BCUT2D eigenvalue weighted by Crippen LogP contribution is 2.46. The van der Waals surface area contributed by atoms with Crippen molar-refractivity contribution in [3.05, 3.63) is 175 Å². The van der Waals surface area contributed by atoms with Gasteiger partial charge in [0.1, 0.15) is 0 Å². The third kappa shape index (κ3) is 4.98. The number of hydrogen-bond acceptors (Lipinski definition) is 4. The molecule has 0 atom stereocenters. The maximum Gasteiger partial charge on any atom is 0.335 e. The van der Waals surface area contributed by atoms with E-state index in [1.807, 2.05) is 48.5 Å². The van der Waals surface area contributed by atoms with Gasteiger partial charge in [-0.1, -0.05) is 91.0 Å². The minimum atomic E-state index is -0.958. The lowest BCUT2D eigenvalue weighted by molar-refractivity contribution is 0.0686. The van der Waals surface area contributed by atoms with E-state index in [2.05, 4.69) is 101 Å². The zero-order valence-electron chi connectivity index (χ0n) is 27.3. The topological polar surface area (TPSA) is 81.1 Å². The number of anilines is 6. The third-order valence-electron chi connectivity index (χ3n) is 9.93. The van der Waals surface area contributed by atoms with Gasteiger partial charge in [-0.25, -0.2) is 9.59 Å². The molecular weight excluding hydrogens is 631 g/mol. The minimum Gasteiger partial charge on any atom is -0.478 e. The molecule has 0 spiro atoms. The monoisotopic (exact) mass is 660 g/mol. The van der Waals surface area contributed by atoms with Crippen LogP contribution in [0.2, 0.25) is 0 Å². The van der Waals surface area contributed by atoms with Crippen molar-refractivity contribution in [2.24, 2.45) is 0 Å². The van der Waals surface area contributed by atoms with Gasteiger partial charge in [0.15, 0.2) is 0 Å². The van der Waals surface area contributed by atoms with Crippen LogP contribution in [0.5, 0.6) is 0 Å². The molecule has 7 aromatic rings. The first-order chi connectivity index (χ1) is 25.0. The number of carboxylic acid groups (broad SMARTS) is 2. The molecular formula is C44H29BN2O4. The van der Waals surface area contributed by atoms with Crippen molar-refractivity contribution < 1.29 is 19.8 Å². The molecule has 2 aliphatic heterocycles. The first kappa shape index (κ1) is 30.2. The lowest BCUT2D eigenvalue weighted by Gasteiger charge is -2.44. The van der Waals surface area contributed by atoms with Crippen molar-refractivity contribution in [1.29, 1.82) is 0 Å². The van der Waals surface area contributed by atoms with Gasteiger partial charge in [-0.3, -0.25) is 0 Å². The molecule has 2 aliphatic rings. The van der Waals surface area contributed by atoms with Crippen molar-refractivity contribution in [3.8, 4) is 22.3 Å². The maximum absolute atomic E-state index is 11.7. The Bertz CT molecular complexity index is 2470. The second-order valence-corrected chi connectivity index (χ2v) is 12.8. The molecule has 7 aromatic carbocycles. The van der Waals surface area contributed by atoms with Gasteiger partial charge in [0.05, 0.1) is 11.1 Å². The number of carbonyl (C=O) groups is 2. The Morgan fingerprint density at radius 3 is 1.39 bits per heavy atom. The van der Waals surface area contributed by atoms with E-state index < -0.39 is 11.9 Å². The molecule has 0 radical (unpaired) electrons. The summed E-state index contributed by atoms with van der Waals surface area (Å²) in [5.74, 6) is -1.91. The number of carboxylic acids is 2. The number of benzene rings is 7. The van der Waals surface area contributed by atoms with Crippen LogP contribution in [-0.4, -0.2) is 28.9 Å². The highest BCUT2D eigenvalue weighted by Gasteiger charge is 2.43. The summed E-state index contributed by atoms with van der Waals surface area (Å²) in [7, 11) is 0. The van der Waals surface area contributed by atoms with Crippen LogP contribution in [0.4, 0.5) is 34.1 Å². The molecule has 7 heteroatoms. The Kier molecular flexibility index (Phi) is 7.07. The fourth-order valence-electron chi connectivity index (χ4n) is 7.62. The Labute approximate surface area is 295 Å². The van der Waals surface area contributed by atoms with Crippen LogP contribution in [0.25, 0.3) is 22.3 Å². The lowest BCUT2D eigenvalue weighted by atomic mass is 9.33. The Hall–Kier alpha value is -6.86. The van der Waals surface area contributed by atoms with E-state index in [0.29, 0.717) is 0 Å². The smallest absolute Gasteiger partial charge is 0.335 e. The number of fused-ring (bicyclic) bond motifs is 4. The summed E-state index contributed by atoms with van der Waals surface area (Å²) in [4.78, 5) is 28.0. The van der Waals surface area contributed by atoms with Crippen LogP contribution in [-0.2, 0) is 0 Å². The van der Waals surface area contributed by atoms with Crippen LogP contribution >= 0.6 is 0 Å². The number of aromatic carboxylic acids is 2. The second-order valence-electron chi connectivity index (χ2n) is 12.8. The largest absolute Gasteiger partial charge is 0.478 e. The van der Waals surface area contributed by atoms with Crippen molar-refractivity contribution in [2.45, 2.75) is 0 Å². The molecule has 0 aromatic heterocycles. The highest BCUT2D eigenvalue weighted by atomic mass is 16.4. The number of para-hydroxylation sites is 3. The molecule has 0 fully saturated rings. The predicted octanol–water partition coefficient (Wildman–Crippen LogP) is 8.50. The molecule has 51 heavy (non-hydrogen) atoms. The van der Waals surface area contributed by atoms with Gasteiger partial charge in [0.2, 0.25) is 0 Å². The molecule has 0 bridgehead atoms. The average molecular weight is 661 g/mol. The van der Waals surface area contributed by atoms with E-state index in [1.54, 1.807) is 24.3 Å². The van der Waals surface area contributed by atoms with Gasteiger partial charge >= 0.3 is 11.9 Å². The van der Waals surface area contributed by atoms with Crippen LogP contribution < -0.4 is 26.2 Å². The standard InChI is InChI=1S/C44H29BN2O4/c48-43(49)30-19-15-28(16-20-30)32-23-24-39-37(25-32)45-36-13-7-8-14-38(36)46(34-9-3-1-4-10-34)40-26-33(29-17-21-31(22-18-29)44(50)51)27-41(42(40)45)47(39)35-11-5-2-6-12-35/h1-27H,(H,48,49)(H,50,51). The second kappa shape index (κ2) is 11.9. The molecule has 2 heterocycles. The average Bonchev–Trinajstić information content (AvgIpc) is 3.18. The van der Waals surface area contributed by atoms with E-state index in [4.69, 9.17) is 0 Å². The molecule has 242 valence electrons. The molecule has 0 unspecified atom stereocenters. The van der Waals surface area contributed by atoms with Gasteiger partial charge in [0.25, 0.3) is 6.71 Å². The van der Waals surface area contributed by atoms with Gasteiger partial charge in [0, 0.05) is 34.1 Å². The van der Waals surface area contributed by atoms with Crippen molar-refractivity contribution >= 4 is 69.2 Å². The Balaban J connectivity index is 1.35. The molecule has 6 nitrogen and oxygen atoms in total.